The molecule has 0 spiro atoms. The standard InChI is InChI=1S/C18H25N3O2S/c1-11-6-5-7-12(2)21(11)17(22)13(3)24-18-19-15-9-8-14(23-4)10-16(15)20-18/h8-13H,5-7H2,1-4H3,(H,19,20)/t11-,12-,13+/m0/s1. The van der Waals surface area contributed by atoms with Crippen LogP contribution in [0.25, 0.3) is 11.0 Å². The molecule has 1 saturated heterocycles. The van der Waals surface area contributed by atoms with Gasteiger partial charge in [0.25, 0.3) is 0 Å². The fourth-order valence-electron chi connectivity index (χ4n) is 3.43. The fourth-order valence-corrected chi connectivity index (χ4v) is 4.31. The summed E-state index contributed by atoms with van der Waals surface area (Å²) in [5.74, 6) is 1.00. The van der Waals surface area contributed by atoms with Crippen molar-refractivity contribution >= 4 is 28.7 Å². The number of hydrogen-bond donors (Lipinski definition) is 1. The zero-order valence-electron chi connectivity index (χ0n) is 14.7. The molecular weight excluding hydrogens is 322 g/mol. The van der Waals surface area contributed by atoms with E-state index in [1.807, 2.05) is 25.1 Å². The number of aromatic nitrogens is 2. The first-order chi connectivity index (χ1) is 11.5. The molecule has 6 heteroatoms. The molecule has 2 heterocycles. The van der Waals surface area contributed by atoms with Crippen LogP contribution in [0.4, 0.5) is 0 Å². The van der Waals surface area contributed by atoms with Crippen LogP contribution in [0, 0.1) is 0 Å². The number of nitrogens with one attached hydrogen (secondary N) is 1. The number of ether oxygens (including phenoxy) is 1. The summed E-state index contributed by atoms with van der Waals surface area (Å²) in [6, 6.07) is 6.39. The van der Waals surface area contributed by atoms with Crippen molar-refractivity contribution in [2.75, 3.05) is 7.11 Å². The molecule has 3 rings (SSSR count). The van der Waals surface area contributed by atoms with Crippen LogP contribution in [0.2, 0.25) is 0 Å². The molecule has 0 aliphatic carbocycles. The molecule has 1 N–H and O–H groups in total. The van der Waals surface area contributed by atoms with Gasteiger partial charge in [0.05, 0.1) is 23.4 Å². The number of carbonyl (C=O) groups excluding carboxylic acids is 1. The maximum absolute atomic E-state index is 12.9. The minimum atomic E-state index is -0.157. The van der Waals surface area contributed by atoms with E-state index in [9.17, 15) is 4.79 Å². The summed E-state index contributed by atoms with van der Waals surface area (Å²) < 4.78 is 5.24. The molecule has 24 heavy (non-hydrogen) atoms. The van der Waals surface area contributed by atoms with Crippen LogP contribution in [0.3, 0.4) is 0 Å². The van der Waals surface area contributed by atoms with Crippen molar-refractivity contribution in [2.24, 2.45) is 0 Å². The molecule has 0 unspecified atom stereocenters. The molecule has 130 valence electrons. The largest absolute Gasteiger partial charge is 0.497 e. The van der Waals surface area contributed by atoms with E-state index in [2.05, 4.69) is 28.7 Å². The quantitative estimate of drug-likeness (QED) is 0.854. The predicted molar refractivity (Wildman–Crippen MR) is 97.6 cm³/mol. The van der Waals surface area contributed by atoms with Gasteiger partial charge in [0.2, 0.25) is 5.91 Å². The molecule has 1 fully saturated rings. The Balaban J connectivity index is 1.74. The van der Waals surface area contributed by atoms with E-state index in [0.29, 0.717) is 12.1 Å². The zero-order valence-corrected chi connectivity index (χ0v) is 15.5. The molecule has 0 saturated carbocycles. The highest BCUT2D eigenvalue weighted by Gasteiger charge is 2.32. The van der Waals surface area contributed by atoms with E-state index >= 15 is 0 Å². The number of thioether (sulfide) groups is 1. The molecule has 5 nitrogen and oxygen atoms in total. The molecule has 1 aliphatic heterocycles. The van der Waals surface area contributed by atoms with Crippen molar-refractivity contribution in [3.05, 3.63) is 18.2 Å². The second-order valence-corrected chi connectivity index (χ2v) is 7.89. The van der Waals surface area contributed by atoms with Crippen LogP contribution in [0.5, 0.6) is 5.75 Å². The van der Waals surface area contributed by atoms with E-state index < -0.39 is 0 Å². The number of nitrogens with zero attached hydrogens (tertiary/aromatic N) is 2. The number of rotatable bonds is 4. The van der Waals surface area contributed by atoms with Crippen LogP contribution >= 0.6 is 11.8 Å². The molecule has 1 amide bonds. The maximum Gasteiger partial charge on any atom is 0.236 e. The predicted octanol–water partition coefficient (Wildman–Crippen LogP) is 3.84. The Labute approximate surface area is 147 Å². The number of amides is 1. The zero-order chi connectivity index (χ0) is 17.3. The third-order valence-corrected chi connectivity index (χ3v) is 5.72. The highest BCUT2D eigenvalue weighted by molar-refractivity contribution is 8.00. The lowest BCUT2D eigenvalue weighted by Gasteiger charge is -2.40. The van der Waals surface area contributed by atoms with Crippen molar-refractivity contribution in [2.45, 2.75) is 62.5 Å². The minimum Gasteiger partial charge on any atom is -0.497 e. The summed E-state index contributed by atoms with van der Waals surface area (Å²) in [7, 11) is 1.65. The van der Waals surface area contributed by atoms with E-state index in [0.717, 1.165) is 34.8 Å². The molecular formula is C18H25N3O2S. The lowest BCUT2D eigenvalue weighted by atomic mass is 9.97. The Morgan fingerprint density at radius 1 is 1.38 bits per heavy atom. The van der Waals surface area contributed by atoms with Crippen molar-refractivity contribution in [3.8, 4) is 5.75 Å². The first kappa shape index (κ1) is 17.1. The monoisotopic (exact) mass is 347 g/mol. The van der Waals surface area contributed by atoms with Gasteiger partial charge >= 0.3 is 0 Å². The molecule has 2 aromatic rings. The Hall–Kier alpha value is -1.69. The summed E-state index contributed by atoms with van der Waals surface area (Å²) in [6.07, 6.45) is 3.40. The van der Waals surface area contributed by atoms with E-state index in [1.54, 1.807) is 7.11 Å². The van der Waals surface area contributed by atoms with E-state index in [-0.39, 0.29) is 11.2 Å². The second-order valence-electron chi connectivity index (χ2n) is 6.56. The number of hydrogen-bond acceptors (Lipinski definition) is 4. The smallest absolute Gasteiger partial charge is 0.236 e. The average molecular weight is 347 g/mol. The first-order valence-corrected chi connectivity index (χ1v) is 9.40. The Morgan fingerprint density at radius 2 is 2.08 bits per heavy atom. The van der Waals surface area contributed by atoms with Crippen LogP contribution in [0.15, 0.2) is 23.4 Å². The van der Waals surface area contributed by atoms with Gasteiger partial charge in [0.1, 0.15) is 5.75 Å². The van der Waals surface area contributed by atoms with Gasteiger partial charge in [-0.25, -0.2) is 4.98 Å². The van der Waals surface area contributed by atoms with Crippen molar-refractivity contribution in [1.82, 2.24) is 14.9 Å². The van der Waals surface area contributed by atoms with Crippen LogP contribution in [-0.4, -0.2) is 45.2 Å². The summed E-state index contributed by atoms with van der Waals surface area (Å²) in [6.45, 7) is 6.27. The molecule has 0 bridgehead atoms. The van der Waals surface area contributed by atoms with Crippen molar-refractivity contribution in [3.63, 3.8) is 0 Å². The average Bonchev–Trinajstić information content (AvgIpc) is 2.95. The normalized spacial score (nSPS) is 22.6. The Kier molecular flexibility index (Phi) is 5.04. The number of methoxy groups -OCH3 is 1. The SMILES string of the molecule is COc1ccc2nc(S[C@H](C)C(=O)N3[C@@H](C)CCC[C@@H]3C)[nH]c2c1. The third kappa shape index (κ3) is 3.38. The molecule has 1 aromatic carbocycles. The van der Waals surface area contributed by atoms with Crippen molar-refractivity contribution < 1.29 is 9.53 Å². The van der Waals surface area contributed by atoms with E-state index in [4.69, 9.17) is 4.74 Å². The van der Waals surface area contributed by atoms with E-state index in [1.165, 1.54) is 18.2 Å². The number of carbonyl (C=O) groups is 1. The Bertz CT molecular complexity index is 720. The van der Waals surface area contributed by atoms with Gasteiger partial charge in [-0.2, -0.15) is 0 Å². The maximum atomic E-state index is 12.9. The summed E-state index contributed by atoms with van der Waals surface area (Å²) in [5.41, 5.74) is 1.81. The number of fused-ring (bicyclic) bond motifs is 1. The van der Waals surface area contributed by atoms with Crippen LogP contribution in [0.1, 0.15) is 40.0 Å². The third-order valence-electron chi connectivity index (χ3n) is 4.75. The molecule has 0 radical (unpaired) electrons. The summed E-state index contributed by atoms with van der Waals surface area (Å²) in [5, 5.41) is 0.617. The van der Waals surface area contributed by atoms with Gasteiger partial charge in [-0.1, -0.05) is 11.8 Å². The Morgan fingerprint density at radius 3 is 2.75 bits per heavy atom. The van der Waals surface area contributed by atoms with Gasteiger partial charge in [-0.3, -0.25) is 4.79 Å². The number of imidazole rings is 1. The lowest BCUT2D eigenvalue weighted by Crippen LogP contribution is -2.50. The molecule has 1 aliphatic rings. The summed E-state index contributed by atoms with van der Waals surface area (Å²) >= 11 is 1.49. The van der Waals surface area contributed by atoms with Gasteiger partial charge in [-0.05, 0) is 52.2 Å². The van der Waals surface area contributed by atoms with Crippen molar-refractivity contribution in [1.29, 1.82) is 0 Å². The highest BCUT2D eigenvalue weighted by Crippen LogP contribution is 2.29. The van der Waals surface area contributed by atoms with Crippen LogP contribution in [-0.2, 0) is 4.79 Å². The minimum absolute atomic E-state index is 0.157. The number of piperidine rings is 1. The fraction of sp³-hybridized carbons (Fsp3) is 0.556. The summed E-state index contributed by atoms with van der Waals surface area (Å²) in [4.78, 5) is 22.8. The lowest BCUT2D eigenvalue weighted by molar-refractivity contribution is -0.136. The topological polar surface area (TPSA) is 58.2 Å². The second kappa shape index (κ2) is 7.05. The number of benzene rings is 1. The van der Waals surface area contributed by atoms with Gasteiger partial charge in [0, 0.05) is 18.2 Å². The van der Waals surface area contributed by atoms with Gasteiger partial charge in [0.15, 0.2) is 5.16 Å². The van der Waals surface area contributed by atoms with Gasteiger partial charge < -0.3 is 14.6 Å². The first-order valence-electron chi connectivity index (χ1n) is 8.52. The van der Waals surface area contributed by atoms with Crippen LogP contribution < -0.4 is 4.74 Å². The number of aromatic amines is 1. The molecule has 1 aromatic heterocycles. The highest BCUT2D eigenvalue weighted by atomic mass is 32.2. The number of H-pyrrole nitrogens is 1. The number of likely N-dealkylation sites (tertiary alicyclic amines) is 1. The van der Waals surface area contributed by atoms with Gasteiger partial charge in [-0.15, -0.1) is 0 Å². The molecule has 3 atom stereocenters.